The summed E-state index contributed by atoms with van der Waals surface area (Å²) >= 11 is 0. The predicted octanol–water partition coefficient (Wildman–Crippen LogP) is 5.06. The largest absolute Gasteiger partial charge is 0.384 e. The minimum atomic E-state index is -0.111. The number of para-hydroxylation sites is 1. The molecule has 4 heteroatoms. The third-order valence-corrected chi connectivity index (χ3v) is 4.35. The Hall–Kier alpha value is -2.36. The highest BCUT2D eigenvalue weighted by Crippen LogP contribution is 2.23. The van der Waals surface area contributed by atoms with Crippen molar-refractivity contribution in [3.63, 3.8) is 0 Å². The van der Waals surface area contributed by atoms with Gasteiger partial charge in [-0.25, -0.2) is 0 Å². The molecule has 0 radical (unpaired) electrons. The number of amides is 1. The van der Waals surface area contributed by atoms with Crippen LogP contribution in [0.4, 0.5) is 11.4 Å². The molecular weight excluding hydrogens is 310 g/mol. The van der Waals surface area contributed by atoms with Crippen LogP contribution in [0, 0.1) is 0 Å². The molecule has 1 aromatic heterocycles. The van der Waals surface area contributed by atoms with Gasteiger partial charge in [0.05, 0.1) is 11.3 Å². The molecule has 4 nitrogen and oxygen atoms in total. The lowest BCUT2D eigenvalue weighted by Gasteiger charge is -2.15. The Morgan fingerprint density at radius 2 is 1.76 bits per heavy atom. The van der Waals surface area contributed by atoms with E-state index in [-0.39, 0.29) is 5.91 Å². The molecule has 0 bridgehead atoms. The zero-order valence-corrected chi connectivity index (χ0v) is 15.6. The highest BCUT2D eigenvalue weighted by atomic mass is 16.1. The smallest absolute Gasteiger partial charge is 0.257 e. The molecule has 0 aliphatic heterocycles. The highest BCUT2D eigenvalue weighted by Gasteiger charge is 2.12. The molecule has 0 aliphatic rings. The number of aromatic nitrogens is 1. The summed E-state index contributed by atoms with van der Waals surface area (Å²) in [7, 11) is 0. The van der Waals surface area contributed by atoms with Crippen molar-refractivity contribution in [2.45, 2.75) is 52.9 Å². The van der Waals surface area contributed by atoms with Crippen molar-refractivity contribution in [1.29, 1.82) is 0 Å². The van der Waals surface area contributed by atoms with E-state index < -0.39 is 0 Å². The van der Waals surface area contributed by atoms with Crippen LogP contribution in [-0.4, -0.2) is 17.4 Å². The quantitative estimate of drug-likeness (QED) is 0.628. The summed E-state index contributed by atoms with van der Waals surface area (Å²) in [5.74, 6) is -0.111. The monoisotopic (exact) mass is 339 g/mol. The molecule has 2 N–H and O–H groups in total. The Morgan fingerprint density at radius 3 is 2.40 bits per heavy atom. The Bertz CT molecular complexity index is 675. The number of hydrogen-bond acceptors (Lipinski definition) is 3. The van der Waals surface area contributed by atoms with Gasteiger partial charge in [-0.15, -0.1) is 0 Å². The van der Waals surface area contributed by atoms with E-state index in [1.165, 1.54) is 12.8 Å². The predicted molar refractivity (Wildman–Crippen MR) is 105 cm³/mol. The molecule has 25 heavy (non-hydrogen) atoms. The first kappa shape index (κ1) is 19.0. The Labute approximate surface area is 151 Å². The first-order valence-electron chi connectivity index (χ1n) is 9.30. The van der Waals surface area contributed by atoms with Crippen LogP contribution in [0.25, 0.3) is 0 Å². The molecule has 0 fully saturated rings. The SMILES string of the molecule is CCCCCNc1cncc(C(=O)Nc2c(CC)cccc2CC)c1. The van der Waals surface area contributed by atoms with Crippen molar-refractivity contribution in [2.24, 2.45) is 0 Å². The molecular formula is C21H29N3O. The van der Waals surface area contributed by atoms with Gasteiger partial charge < -0.3 is 10.6 Å². The van der Waals surface area contributed by atoms with Crippen molar-refractivity contribution in [3.05, 3.63) is 53.3 Å². The number of carbonyl (C=O) groups excluding carboxylic acids is 1. The molecule has 0 aliphatic carbocycles. The van der Waals surface area contributed by atoms with Gasteiger partial charge >= 0.3 is 0 Å². The Balaban J connectivity index is 2.11. The number of nitrogens with zero attached hydrogens (tertiary/aromatic N) is 1. The van der Waals surface area contributed by atoms with Crippen molar-refractivity contribution in [2.75, 3.05) is 17.2 Å². The molecule has 0 saturated heterocycles. The average Bonchev–Trinajstić information content (AvgIpc) is 2.65. The number of anilines is 2. The number of rotatable bonds is 9. The van der Waals surface area contributed by atoms with Crippen LogP contribution in [0.1, 0.15) is 61.5 Å². The van der Waals surface area contributed by atoms with E-state index in [1.807, 2.05) is 6.07 Å². The van der Waals surface area contributed by atoms with E-state index in [9.17, 15) is 4.79 Å². The summed E-state index contributed by atoms with van der Waals surface area (Å²) in [5.41, 5.74) is 4.74. The molecule has 0 saturated carbocycles. The first-order chi connectivity index (χ1) is 12.2. The van der Waals surface area contributed by atoms with Gasteiger partial charge in [-0.05, 0) is 36.5 Å². The van der Waals surface area contributed by atoms with Crippen molar-refractivity contribution in [1.82, 2.24) is 4.98 Å². The van der Waals surface area contributed by atoms with Crippen LogP contribution in [0.3, 0.4) is 0 Å². The summed E-state index contributed by atoms with van der Waals surface area (Å²) < 4.78 is 0. The maximum atomic E-state index is 12.7. The maximum Gasteiger partial charge on any atom is 0.257 e. The second kappa shape index (κ2) is 9.82. The molecule has 0 unspecified atom stereocenters. The summed E-state index contributed by atoms with van der Waals surface area (Å²) in [6.45, 7) is 7.30. The number of aryl methyl sites for hydroxylation is 2. The molecule has 0 spiro atoms. The Kier molecular flexibility index (Phi) is 7.45. The molecule has 2 aromatic rings. The van der Waals surface area contributed by atoms with E-state index in [0.29, 0.717) is 5.56 Å². The third kappa shape index (κ3) is 5.31. The fourth-order valence-corrected chi connectivity index (χ4v) is 2.86. The Morgan fingerprint density at radius 1 is 1.04 bits per heavy atom. The lowest BCUT2D eigenvalue weighted by Crippen LogP contribution is -2.15. The lowest BCUT2D eigenvalue weighted by molar-refractivity contribution is 0.102. The van der Waals surface area contributed by atoms with E-state index >= 15 is 0 Å². The summed E-state index contributed by atoms with van der Waals surface area (Å²) in [6, 6.07) is 8.06. The van der Waals surface area contributed by atoms with E-state index in [4.69, 9.17) is 0 Å². The fraction of sp³-hybridized carbons (Fsp3) is 0.429. The van der Waals surface area contributed by atoms with Crippen molar-refractivity contribution < 1.29 is 4.79 Å². The molecule has 2 rings (SSSR count). The first-order valence-corrected chi connectivity index (χ1v) is 9.30. The number of nitrogens with one attached hydrogen (secondary N) is 2. The number of carbonyl (C=O) groups is 1. The standard InChI is InChI=1S/C21H29N3O/c1-4-7-8-12-23-19-13-18(14-22-15-19)21(25)24-20-16(5-2)10-9-11-17(20)6-3/h9-11,13-15,23H,4-8,12H2,1-3H3,(H,24,25). The third-order valence-electron chi connectivity index (χ3n) is 4.35. The molecule has 1 aromatic carbocycles. The average molecular weight is 339 g/mol. The van der Waals surface area contributed by atoms with E-state index in [0.717, 1.165) is 48.3 Å². The van der Waals surface area contributed by atoms with Crippen LogP contribution in [-0.2, 0) is 12.8 Å². The number of unbranched alkanes of at least 4 members (excludes halogenated alkanes) is 2. The van der Waals surface area contributed by atoms with Gasteiger partial charge in [0.2, 0.25) is 0 Å². The maximum absolute atomic E-state index is 12.7. The zero-order chi connectivity index (χ0) is 18.1. The zero-order valence-electron chi connectivity index (χ0n) is 15.6. The number of hydrogen-bond donors (Lipinski definition) is 2. The van der Waals surface area contributed by atoms with Crippen LogP contribution in [0.2, 0.25) is 0 Å². The van der Waals surface area contributed by atoms with Gasteiger partial charge in [-0.1, -0.05) is 51.8 Å². The second-order valence-electron chi connectivity index (χ2n) is 6.21. The van der Waals surface area contributed by atoms with Gasteiger partial charge in [-0.2, -0.15) is 0 Å². The van der Waals surface area contributed by atoms with Crippen LogP contribution >= 0.6 is 0 Å². The molecule has 1 heterocycles. The topological polar surface area (TPSA) is 54.0 Å². The summed E-state index contributed by atoms with van der Waals surface area (Å²) in [6.07, 6.45) is 8.68. The lowest BCUT2D eigenvalue weighted by atomic mass is 10.0. The van der Waals surface area contributed by atoms with Gasteiger partial charge in [0, 0.05) is 24.6 Å². The molecule has 0 atom stereocenters. The van der Waals surface area contributed by atoms with Crippen molar-refractivity contribution in [3.8, 4) is 0 Å². The summed E-state index contributed by atoms with van der Waals surface area (Å²) in [4.78, 5) is 16.9. The van der Waals surface area contributed by atoms with E-state index in [2.05, 4.69) is 54.6 Å². The van der Waals surface area contributed by atoms with Crippen LogP contribution < -0.4 is 10.6 Å². The van der Waals surface area contributed by atoms with Gasteiger partial charge in [0.15, 0.2) is 0 Å². The van der Waals surface area contributed by atoms with Crippen LogP contribution in [0.15, 0.2) is 36.7 Å². The highest BCUT2D eigenvalue weighted by molar-refractivity contribution is 6.05. The normalized spacial score (nSPS) is 10.5. The summed E-state index contributed by atoms with van der Waals surface area (Å²) in [5, 5.41) is 6.44. The minimum Gasteiger partial charge on any atom is -0.384 e. The molecule has 1 amide bonds. The number of benzene rings is 1. The van der Waals surface area contributed by atoms with Crippen molar-refractivity contribution >= 4 is 17.3 Å². The number of pyridine rings is 1. The van der Waals surface area contributed by atoms with Gasteiger partial charge in [0.25, 0.3) is 5.91 Å². The second-order valence-corrected chi connectivity index (χ2v) is 6.21. The fourth-order valence-electron chi connectivity index (χ4n) is 2.86. The van der Waals surface area contributed by atoms with Gasteiger partial charge in [0.1, 0.15) is 0 Å². The van der Waals surface area contributed by atoms with E-state index in [1.54, 1.807) is 12.4 Å². The van der Waals surface area contributed by atoms with Crippen LogP contribution in [0.5, 0.6) is 0 Å². The minimum absolute atomic E-state index is 0.111. The molecule has 134 valence electrons. The van der Waals surface area contributed by atoms with Gasteiger partial charge in [-0.3, -0.25) is 9.78 Å².